The molecule has 0 radical (unpaired) electrons. The van der Waals surface area contributed by atoms with E-state index in [4.69, 9.17) is 9.15 Å². The summed E-state index contributed by atoms with van der Waals surface area (Å²) in [4.78, 5) is 4.43. The molecule has 2 aromatic rings. The fourth-order valence-corrected chi connectivity index (χ4v) is 1.50. The van der Waals surface area contributed by atoms with Crippen molar-refractivity contribution in [2.45, 2.75) is 0 Å². The third-order valence-electron chi connectivity index (χ3n) is 1.85. The predicted molar refractivity (Wildman–Crippen MR) is 56.2 cm³/mol. The van der Waals surface area contributed by atoms with Crippen molar-refractivity contribution in [1.82, 2.24) is 4.98 Å². The van der Waals surface area contributed by atoms with E-state index in [1.54, 1.807) is 13.3 Å². The van der Waals surface area contributed by atoms with Crippen molar-refractivity contribution in [3.8, 4) is 17.1 Å². The summed E-state index contributed by atoms with van der Waals surface area (Å²) in [6.07, 6.45) is 1.65. The monoisotopic (exact) mass is 253 g/mol. The molecule has 2 rings (SSSR count). The highest BCUT2D eigenvalue weighted by Gasteiger charge is 2.08. The molecule has 0 amide bonds. The van der Waals surface area contributed by atoms with Gasteiger partial charge in [-0.1, -0.05) is 12.1 Å². The summed E-state index contributed by atoms with van der Waals surface area (Å²) in [5.41, 5.74) is 0.896. The van der Waals surface area contributed by atoms with Crippen molar-refractivity contribution in [2.75, 3.05) is 7.11 Å². The summed E-state index contributed by atoms with van der Waals surface area (Å²) in [6, 6.07) is 7.64. The number of rotatable bonds is 2. The lowest BCUT2D eigenvalue weighted by atomic mass is 10.1. The first kappa shape index (κ1) is 9.27. The summed E-state index contributed by atoms with van der Waals surface area (Å²) in [5, 5.41) is 0. The molecule has 3 nitrogen and oxygen atoms in total. The zero-order valence-electron chi connectivity index (χ0n) is 7.53. The smallest absolute Gasteiger partial charge is 0.264 e. The van der Waals surface area contributed by atoms with Crippen LogP contribution < -0.4 is 4.74 Å². The Morgan fingerprint density at radius 3 is 2.79 bits per heavy atom. The van der Waals surface area contributed by atoms with Crippen LogP contribution in [0.3, 0.4) is 0 Å². The molecular weight excluding hydrogens is 246 g/mol. The van der Waals surface area contributed by atoms with E-state index in [1.165, 1.54) is 0 Å². The van der Waals surface area contributed by atoms with Crippen LogP contribution in [0.15, 0.2) is 39.7 Å². The third-order valence-corrected chi connectivity index (χ3v) is 2.22. The van der Waals surface area contributed by atoms with Crippen molar-refractivity contribution < 1.29 is 9.15 Å². The van der Waals surface area contributed by atoms with E-state index in [9.17, 15) is 0 Å². The van der Waals surface area contributed by atoms with Gasteiger partial charge in [0, 0.05) is 15.9 Å². The van der Waals surface area contributed by atoms with Gasteiger partial charge in [0.2, 0.25) is 0 Å². The number of hydrogen-bond donors (Lipinski definition) is 0. The maximum Gasteiger partial charge on any atom is 0.264 e. The number of nitrogens with zero attached hydrogens (tertiary/aromatic N) is 1. The minimum absolute atomic E-state index is 0.471. The molecule has 0 saturated heterocycles. The summed E-state index contributed by atoms with van der Waals surface area (Å²) in [7, 11) is 1.63. The van der Waals surface area contributed by atoms with Crippen LogP contribution in [0.2, 0.25) is 0 Å². The van der Waals surface area contributed by atoms with Crippen LogP contribution >= 0.6 is 15.9 Å². The number of benzene rings is 1. The van der Waals surface area contributed by atoms with Gasteiger partial charge < -0.3 is 9.15 Å². The lowest BCUT2D eigenvalue weighted by Crippen LogP contribution is -1.85. The lowest BCUT2D eigenvalue weighted by molar-refractivity contribution is 0.414. The minimum Gasteiger partial charge on any atom is -0.496 e. The van der Waals surface area contributed by atoms with Crippen LogP contribution in [0.4, 0.5) is 0 Å². The van der Waals surface area contributed by atoms with E-state index >= 15 is 0 Å². The zero-order chi connectivity index (χ0) is 9.97. The average molecular weight is 254 g/mol. The Kier molecular flexibility index (Phi) is 2.54. The number of hydrogen-bond acceptors (Lipinski definition) is 3. The summed E-state index contributed by atoms with van der Waals surface area (Å²) < 4.78 is 10.5. The van der Waals surface area contributed by atoms with E-state index < -0.39 is 0 Å². The van der Waals surface area contributed by atoms with E-state index in [2.05, 4.69) is 20.9 Å². The van der Waals surface area contributed by atoms with Crippen LogP contribution in [0.1, 0.15) is 0 Å². The quantitative estimate of drug-likeness (QED) is 0.825. The number of methoxy groups -OCH3 is 1. The second kappa shape index (κ2) is 3.84. The van der Waals surface area contributed by atoms with Gasteiger partial charge in [-0.2, -0.15) is 0 Å². The van der Waals surface area contributed by atoms with Gasteiger partial charge in [0.15, 0.2) is 5.76 Å². The average Bonchev–Trinajstić information content (AvgIpc) is 2.65. The molecule has 72 valence electrons. The highest BCUT2D eigenvalue weighted by Crippen LogP contribution is 2.30. The van der Waals surface area contributed by atoms with Crippen molar-refractivity contribution in [3.63, 3.8) is 0 Å². The molecule has 0 fully saturated rings. The van der Waals surface area contributed by atoms with Crippen molar-refractivity contribution in [3.05, 3.63) is 35.3 Å². The lowest BCUT2D eigenvalue weighted by Gasteiger charge is -2.03. The summed E-state index contributed by atoms with van der Waals surface area (Å²) in [6.45, 7) is 0. The fourth-order valence-electron chi connectivity index (χ4n) is 1.23. The molecule has 0 atom stereocenters. The first-order valence-corrected chi connectivity index (χ1v) is 4.85. The first-order chi connectivity index (χ1) is 6.81. The Hall–Kier alpha value is -1.29. The second-order valence-electron chi connectivity index (χ2n) is 2.68. The summed E-state index contributed by atoms with van der Waals surface area (Å²) >= 11 is 3.16. The molecule has 0 saturated carbocycles. The van der Waals surface area contributed by atoms with Crippen molar-refractivity contribution in [2.24, 2.45) is 0 Å². The molecule has 1 aromatic carbocycles. The van der Waals surface area contributed by atoms with Gasteiger partial charge in [-0.3, -0.25) is 0 Å². The van der Waals surface area contributed by atoms with Gasteiger partial charge >= 0.3 is 0 Å². The third kappa shape index (κ3) is 1.65. The number of halogens is 1. The SMILES string of the molecule is COc1ccccc1-c1cnc(Br)o1. The number of oxazole rings is 1. The number of para-hydroxylation sites is 1. The maximum absolute atomic E-state index is 5.34. The Morgan fingerprint density at radius 1 is 1.36 bits per heavy atom. The highest BCUT2D eigenvalue weighted by molar-refractivity contribution is 9.10. The largest absolute Gasteiger partial charge is 0.496 e. The van der Waals surface area contributed by atoms with Gasteiger partial charge in [0.1, 0.15) is 5.75 Å². The number of ether oxygens (including phenoxy) is 1. The van der Waals surface area contributed by atoms with Crippen LogP contribution in [0.25, 0.3) is 11.3 Å². The van der Waals surface area contributed by atoms with Crippen LogP contribution in [0, 0.1) is 0 Å². The van der Waals surface area contributed by atoms with E-state index in [0.29, 0.717) is 10.6 Å². The van der Waals surface area contributed by atoms with Crippen LogP contribution in [-0.4, -0.2) is 12.1 Å². The van der Waals surface area contributed by atoms with Gasteiger partial charge in [-0.15, -0.1) is 0 Å². The van der Waals surface area contributed by atoms with Gasteiger partial charge in [-0.05, 0) is 12.1 Å². The Balaban J connectivity index is 2.50. The van der Waals surface area contributed by atoms with Gasteiger partial charge in [0.05, 0.1) is 18.9 Å². The van der Waals surface area contributed by atoms with E-state index in [0.717, 1.165) is 11.3 Å². The molecule has 0 bridgehead atoms. The Bertz CT molecular complexity index is 439. The highest BCUT2D eigenvalue weighted by atomic mass is 79.9. The standard InChI is InChI=1S/C10H8BrNO2/c1-13-8-5-3-2-4-7(8)9-6-12-10(11)14-9/h2-6H,1H3. The first-order valence-electron chi connectivity index (χ1n) is 4.06. The Morgan fingerprint density at radius 2 is 2.14 bits per heavy atom. The van der Waals surface area contributed by atoms with Gasteiger partial charge in [0.25, 0.3) is 4.80 Å². The van der Waals surface area contributed by atoms with Crippen molar-refractivity contribution >= 4 is 15.9 Å². The normalized spacial score (nSPS) is 10.1. The molecule has 1 heterocycles. The second-order valence-corrected chi connectivity index (χ2v) is 3.36. The molecule has 0 spiro atoms. The van der Waals surface area contributed by atoms with E-state index in [1.807, 2.05) is 24.3 Å². The summed E-state index contributed by atoms with van der Waals surface area (Å²) in [5.74, 6) is 1.46. The Labute approximate surface area is 89.8 Å². The molecule has 0 aliphatic heterocycles. The topological polar surface area (TPSA) is 35.3 Å². The maximum atomic E-state index is 5.34. The van der Waals surface area contributed by atoms with E-state index in [-0.39, 0.29) is 0 Å². The molecule has 0 N–H and O–H groups in total. The molecule has 0 aliphatic rings. The zero-order valence-corrected chi connectivity index (χ0v) is 9.11. The number of aromatic nitrogens is 1. The molecule has 0 unspecified atom stereocenters. The molecule has 4 heteroatoms. The molecule has 14 heavy (non-hydrogen) atoms. The fraction of sp³-hybridized carbons (Fsp3) is 0.100. The van der Waals surface area contributed by atoms with Crippen LogP contribution in [0.5, 0.6) is 5.75 Å². The van der Waals surface area contributed by atoms with Crippen LogP contribution in [-0.2, 0) is 0 Å². The minimum atomic E-state index is 0.471. The molecule has 0 aliphatic carbocycles. The molecular formula is C10H8BrNO2. The molecule has 1 aromatic heterocycles. The van der Waals surface area contributed by atoms with Gasteiger partial charge in [-0.25, -0.2) is 4.98 Å². The predicted octanol–water partition coefficient (Wildman–Crippen LogP) is 3.11. The van der Waals surface area contributed by atoms with Crippen molar-refractivity contribution in [1.29, 1.82) is 0 Å².